The molecule has 0 fully saturated rings. The van der Waals surface area contributed by atoms with E-state index in [-0.39, 0.29) is 11.9 Å². The highest BCUT2D eigenvalue weighted by Gasteiger charge is 2.18. The third-order valence-corrected chi connectivity index (χ3v) is 4.21. The predicted octanol–water partition coefficient (Wildman–Crippen LogP) is 3.72. The molecule has 0 aliphatic rings. The quantitative estimate of drug-likeness (QED) is 0.787. The zero-order valence-corrected chi connectivity index (χ0v) is 14.2. The van der Waals surface area contributed by atoms with Crippen molar-refractivity contribution in [1.29, 1.82) is 0 Å². The second-order valence-electron chi connectivity index (χ2n) is 5.48. The number of hydrogen-bond donors (Lipinski definition) is 1. The number of nitrogens with one attached hydrogen (secondary N) is 1. The number of halogens is 1. The van der Waals surface area contributed by atoms with Crippen LogP contribution in [0.1, 0.15) is 34.6 Å². The second-order valence-corrected chi connectivity index (χ2v) is 5.89. The molecule has 6 heteroatoms. The maximum Gasteiger partial charge on any atom is 0.255 e. The Labute approximate surface area is 145 Å². The average Bonchev–Trinajstić information content (AvgIpc) is 2.97. The molecule has 122 valence electrons. The van der Waals surface area contributed by atoms with Crippen LogP contribution in [0.4, 0.5) is 0 Å². The van der Waals surface area contributed by atoms with Gasteiger partial charge in [0.25, 0.3) is 5.91 Å². The Kier molecular flexibility index (Phi) is 4.62. The van der Waals surface area contributed by atoms with Crippen LogP contribution >= 0.6 is 11.6 Å². The van der Waals surface area contributed by atoms with Crippen molar-refractivity contribution in [3.05, 3.63) is 76.8 Å². The minimum Gasteiger partial charge on any atom is -0.345 e. The molecule has 0 aliphatic heterocycles. The van der Waals surface area contributed by atoms with Crippen LogP contribution in [0.3, 0.4) is 0 Å². The van der Waals surface area contributed by atoms with Gasteiger partial charge in [0.2, 0.25) is 0 Å². The zero-order chi connectivity index (χ0) is 17.1. The van der Waals surface area contributed by atoms with Crippen LogP contribution in [-0.2, 0) is 0 Å². The van der Waals surface area contributed by atoms with E-state index in [1.165, 1.54) is 0 Å². The lowest BCUT2D eigenvalue weighted by Gasteiger charge is -2.14. The molecule has 0 spiro atoms. The molecule has 24 heavy (non-hydrogen) atoms. The molecule has 1 amide bonds. The van der Waals surface area contributed by atoms with E-state index >= 15 is 0 Å². The Morgan fingerprint density at radius 3 is 2.62 bits per heavy atom. The highest BCUT2D eigenvalue weighted by molar-refractivity contribution is 6.32. The lowest BCUT2D eigenvalue weighted by Crippen LogP contribution is -2.27. The standard InChI is InChI=1S/C18H17ClN4O/c1-12(14-7-9-20-10-8-14)22-18(24)15-11-21-23(13(15)2)17-6-4-3-5-16(17)19/h3-12H,1-2H3,(H,22,24)/t12-/m0/s1. The van der Waals surface area contributed by atoms with E-state index in [0.717, 1.165) is 16.9 Å². The molecule has 0 saturated carbocycles. The van der Waals surface area contributed by atoms with Crippen LogP contribution < -0.4 is 5.32 Å². The summed E-state index contributed by atoms with van der Waals surface area (Å²) < 4.78 is 1.67. The Balaban J connectivity index is 1.83. The smallest absolute Gasteiger partial charge is 0.255 e. The third kappa shape index (κ3) is 3.16. The van der Waals surface area contributed by atoms with Gasteiger partial charge in [-0.1, -0.05) is 23.7 Å². The Hall–Kier alpha value is -2.66. The summed E-state index contributed by atoms with van der Waals surface area (Å²) in [4.78, 5) is 16.6. The van der Waals surface area contributed by atoms with Crippen LogP contribution in [0.25, 0.3) is 5.69 Å². The van der Waals surface area contributed by atoms with Gasteiger partial charge in [0.1, 0.15) is 0 Å². The maximum atomic E-state index is 12.6. The number of carbonyl (C=O) groups is 1. The van der Waals surface area contributed by atoms with Gasteiger partial charge < -0.3 is 5.32 Å². The summed E-state index contributed by atoms with van der Waals surface area (Å²) >= 11 is 6.22. The van der Waals surface area contributed by atoms with Gasteiger partial charge >= 0.3 is 0 Å². The van der Waals surface area contributed by atoms with E-state index < -0.39 is 0 Å². The Morgan fingerprint density at radius 2 is 1.92 bits per heavy atom. The van der Waals surface area contributed by atoms with Crippen LogP contribution in [0.2, 0.25) is 5.02 Å². The maximum absolute atomic E-state index is 12.6. The molecule has 3 rings (SSSR count). The van der Waals surface area contributed by atoms with Crippen molar-refractivity contribution in [3.8, 4) is 5.69 Å². The summed E-state index contributed by atoms with van der Waals surface area (Å²) in [6.07, 6.45) is 4.98. The summed E-state index contributed by atoms with van der Waals surface area (Å²) in [6.45, 7) is 3.78. The van der Waals surface area contributed by atoms with E-state index in [1.54, 1.807) is 29.3 Å². The zero-order valence-electron chi connectivity index (χ0n) is 13.4. The number of rotatable bonds is 4. The Morgan fingerprint density at radius 1 is 1.21 bits per heavy atom. The molecule has 2 aromatic heterocycles. The summed E-state index contributed by atoms with van der Waals surface area (Å²) in [5.74, 6) is -0.171. The Bertz CT molecular complexity index is 860. The van der Waals surface area contributed by atoms with Gasteiger partial charge in [0.15, 0.2) is 0 Å². The van der Waals surface area contributed by atoms with Crippen LogP contribution in [0.15, 0.2) is 55.0 Å². The highest BCUT2D eigenvalue weighted by Crippen LogP contribution is 2.22. The molecule has 1 aromatic carbocycles. The first-order valence-corrected chi connectivity index (χ1v) is 7.96. The third-order valence-electron chi connectivity index (χ3n) is 3.89. The predicted molar refractivity (Wildman–Crippen MR) is 93.4 cm³/mol. The normalized spacial score (nSPS) is 12.0. The first-order chi connectivity index (χ1) is 11.6. The number of para-hydroxylation sites is 1. The van der Waals surface area contributed by atoms with Gasteiger partial charge in [-0.05, 0) is 43.7 Å². The molecular formula is C18H17ClN4O. The summed E-state index contributed by atoms with van der Waals surface area (Å²) in [5, 5.41) is 7.87. The van der Waals surface area contributed by atoms with Gasteiger partial charge in [-0.15, -0.1) is 0 Å². The minimum atomic E-state index is -0.171. The number of aromatic nitrogens is 3. The first kappa shape index (κ1) is 16.2. The van der Waals surface area contributed by atoms with Gasteiger partial charge in [0.05, 0.1) is 34.2 Å². The van der Waals surface area contributed by atoms with Crippen LogP contribution in [-0.4, -0.2) is 20.7 Å². The van der Waals surface area contributed by atoms with Crippen molar-refractivity contribution in [2.75, 3.05) is 0 Å². The van der Waals surface area contributed by atoms with Crippen molar-refractivity contribution in [2.45, 2.75) is 19.9 Å². The number of nitrogens with zero attached hydrogens (tertiary/aromatic N) is 3. The topological polar surface area (TPSA) is 59.8 Å². The fourth-order valence-electron chi connectivity index (χ4n) is 2.51. The number of carbonyl (C=O) groups excluding carboxylic acids is 1. The van der Waals surface area contributed by atoms with Gasteiger partial charge in [-0.25, -0.2) is 4.68 Å². The average molecular weight is 341 g/mol. The summed E-state index contributed by atoms with van der Waals surface area (Å²) in [5.41, 5.74) is 3.01. The van der Waals surface area contributed by atoms with Crippen molar-refractivity contribution in [3.63, 3.8) is 0 Å². The molecule has 3 aromatic rings. The molecule has 0 radical (unpaired) electrons. The number of hydrogen-bond acceptors (Lipinski definition) is 3. The monoisotopic (exact) mass is 340 g/mol. The molecular weight excluding hydrogens is 324 g/mol. The van der Waals surface area contributed by atoms with Gasteiger partial charge in [-0.3, -0.25) is 9.78 Å². The van der Waals surface area contributed by atoms with Gasteiger partial charge in [0, 0.05) is 12.4 Å². The lowest BCUT2D eigenvalue weighted by atomic mass is 10.1. The molecule has 1 atom stereocenters. The number of amides is 1. The van der Waals surface area contributed by atoms with Crippen molar-refractivity contribution in [2.24, 2.45) is 0 Å². The molecule has 1 N–H and O–H groups in total. The fourth-order valence-corrected chi connectivity index (χ4v) is 2.72. The molecule has 0 unspecified atom stereocenters. The highest BCUT2D eigenvalue weighted by atomic mass is 35.5. The minimum absolute atomic E-state index is 0.122. The first-order valence-electron chi connectivity index (χ1n) is 7.58. The molecule has 0 aliphatic carbocycles. The number of benzene rings is 1. The fraction of sp³-hybridized carbons (Fsp3) is 0.167. The summed E-state index contributed by atoms with van der Waals surface area (Å²) in [6, 6.07) is 11.0. The van der Waals surface area contributed by atoms with E-state index in [2.05, 4.69) is 15.4 Å². The molecule has 0 bridgehead atoms. The lowest BCUT2D eigenvalue weighted by molar-refractivity contribution is 0.0939. The van der Waals surface area contributed by atoms with Gasteiger partial charge in [-0.2, -0.15) is 5.10 Å². The largest absolute Gasteiger partial charge is 0.345 e. The van der Waals surface area contributed by atoms with Crippen molar-refractivity contribution < 1.29 is 4.79 Å². The second kappa shape index (κ2) is 6.84. The van der Waals surface area contributed by atoms with E-state index in [0.29, 0.717) is 10.6 Å². The van der Waals surface area contributed by atoms with E-state index in [4.69, 9.17) is 11.6 Å². The van der Waals surface area contributed by atoms with Crippen LogP contribution in [0, 0.1) is 6.92 Å². The molecule has 5 nitrogen and oxygen atoms in total. The SMILES string of the molecule is Cc1c(C(=O)N[C@@H](C)c2ccncc2)cnn1-c1ccccc1Cl. The summed E-state index contributed by atoms with van der Waals surface area (Å²) in [7, 11) is 0. The van der Waals surface area contributed by atoms with Crippen molar-refractivity contribution >= 4 is 17.5 Å². The van der Waals surface area contributed by atoms with E-state index in [1.807, 2.05) is 44.2 Å². The number of pyridine rings is 1. The molecule has 0 saturated heterocycles. The molecule has 2 heterocycles. The van der Waals surface area contributed by atoms with E-state index in [9.17, 15) is 4.79 Å². The van der Waals surface area contributed by atoms with Crippen LogP contribution in [0.5, 0.6) is 0 Å². The van der Waals surface area contributed by atoms with Crippen molar-refractivity contribution in [1.82, 2.24) is 20.1 Å².